The zero-order valence-electron chi connectivity index (χ0n) is 10.0. The fourth-order valence-corrected chi connectivity index (χ4v) is 2.72. The van der Waals surface area contributed by atoms with E-state index in [2.05, 4.69) is 62.5 Å². The predicted octanol–water partition coefficient (Wildman–Crippen LogP) is 3.93. The van der Waals surface area contributed by atoms with E-state index >= 15 is 0 Å². The molecule has 0 radical (unpaired) electrons. The molecule has 0 fully saturated rings. The van der Waals surface area contributed by atoms with Gasteiger partial charge < -0.3 is 5.32 Å². The number of anilines is 1. The standard InChI is InChI=1S/C15H17N/c1-10-15(2,3)14-12-7-5-4-6-11(12)8-9-13(14)16-10/h4-10,16H,1-3H3. The van der Waals surface area contributed by atoms with Crippen LogP contribution in [0.4, 0.5) is 5.69 Å². The van der Waals surface area contributed by atoms with Crippen molar-refractivity contribution in [2.24, 2.45) is 0 Å². The predicted molar refractivity (Wildman–Crippen MR) is 70.1 cm³/mol. The van der Waals surface area contributed by atoms with E-state index in [1.54, 1.807) is 0 Å². The molecular formula is C15H17N. The van der Waals surface area contributed by atoms with Gasteiger partial charge in [-0.3, -0.25) is 0 Å². The van der Waals surface area contributed by atoms with Crippen LogP contribution in [0.15, 0.2) is 36.4 Å². The van der Waals surface area contributed by atoms with Gasteiger partial charge in [0.25, 0.3) is 0 Å². The van der Waals surface area contributed by atoms with Crippen LogP contribution in [0, 0.1) is 0 Å². The Labute approximate surface area is 96.5 Å². The molecule has 1 aliphatic heterocycles. The van der Waals surface area contributed by atoms with Gasteiger partial charge in [-0.2, -0.15) is 0 Å². The number of fused-ring (bicyclic) bond motifs is 3. The molecule has 1 atom stereocenters. The Kier molecular flexibility index (Phi) is 1.82. The molecule has 82 valence electrons. The second kappa shape index (κ2) is 3.00. The van der Waals surface area contributed by atoms with Crippen LogP contribution >= 0.6 is 0 Å². The minimum absolute atomic E-state index is 0.205. The van der Waals surface area contributed by atoms with Crippen LogP contribution in [0.25, 0.3) is 10.8 Å². The van der Waals surface area contributed by atoms with Crippen LogP contribution in [0.5, 0.6) is 0 Å². The van der Waals surface area contributed by atoms with E-state index in [1.165, 1.54) is 22.0 Å². The van der Waals surface area contributed by atoms with Crippen molar-refractivity contribution in [1.29, 1.82) is 0 Å². The lowest BCUT2D eigenvalue weighted by molar-refractivity contribution is 0.489. The van der Waals surface area contributed by atoms with Crippen molar-refractivity contribution >= 4 is 16.5 Å². The van der Waals surface area contributed by atoms with E-state index in [9.17, 15) is 0 Å². The first-order chi connectivity index (χ1) is 7.60. The molecule has 0 saturated carbocycles. The second-order valence-corrected chi connectivity index (χ2v) is 5.30. The highest BCUT2D eigenvalue weighted by molar-refractivity contribution is 5.92. The number of hydrogen-bond donors (Lipinski definition) is 1. The first-order valence-corrected chi connectivity index (χ1v) is 5.89. The molecule has 0 aliphatic carbocycles. The summed E-state index contributed by atoms with van der Waals surface area (Å²) in [5, 5.41) is 6.31. The third-order valence-electron chi connectivity index (χ3n) is 4.03. The first kappa shape index (κ1) is 9.71. The summed E-state index contributed by atoms with van der Waals surface area (Å²) in [6.45, 7) is 6.90. The minimum atomic E-state index is 0.205. The number of nitrogens with one attached hydrogen (secondary N) is 1. The lowest BCUT2D eigenvalue weighted by Crippen LogP contribution is -2.30. The van der Waals surface area contributed by atoms with Crippen molar-refractivity contribution in [1.82, 2.24) is 0 Å². The van der Waals surface area contributed by atoms with Gasteiger partial charge in [-0.1, -0.05) is 44.2 Å². The van der Waals surface area contributed by atoms with Gasteiger partial charge in [0.15, 0.2) is 0 Å². The topological polar surface area (TPSA) is 12.0 Å². The summed E-state index contributed by atoms with van der Waals surface area (Å²) >= 11 is 0. The van der Waals surface area contributed by atoms with Crippen LogP contribution in [-0.4, -0.2) is 6.04 Å². The van der Waals surface area contributed by atoms with Gasteiger partial charge in [-0.15, -0.1) is 0 Å². The Hall–Kier alpha value is -1.50. The van der Waals surface area contributed by atoms with Gasteiger partial charge >= 0.3 is 0 Å². The highest BCUT2D eigenvalue weighted by atomic mass is 15.0. The molecule has 1 heteroatoms. The monoisotopic (exact) mass is 211 g/mol. The summed E-state index contributed by atoms with van der Waals surface area (Å²) < 4.78 is 0. The average molecular weight is 211 g/mol. The van der Waals surface area contributed by atoms with Gasteiger partial charge in [-0.25, -0.2) is 0 Å². The second-order valence-electron chi connectivity index (χ2n) is 5.30. The third-order valence-corrected chi connectivity index (χ3v) is 4.03. The fraction of sp³-hybridized carbons (Fsp3) is 0.333. The lowest BCUT2D eigenvalue weighted by atomic mass is 9.79. The van der Waals surface area contributed by atoms with Crippen LogP contribution < -0.4 is 5.32 Å². The number of benzene rings is 2. The average Bonchev–Trinajstić information content (AvgIpc) is 2.50. The lowest BCUT2D eigenvalue weighted by Gasteiger charge is -2.25. The Morgan fingerprint density at radius 1 is 1.06 bits per heavy atom. The Balaban J connectivity index is 2.40. The SMILES string of the molecule is CC1Nc2ccc3ccccc3c2C1(C)C. The Morgan fingerprint density at radius 3 is 2.62 bits per heavy atom. The maximum absolute atomic E-state index is 3.58. The molecule has 1 unspecified atom stereocenters. The molecule has 2 aromatic rings. The van der Waals surface area contributed by atoms with Crippen LogP contribution in [-0.2, 0) is 5.41 Å². The molecule has 0 amide bonds. The van der Waals surface area contributed by atoms with Gasteiger partial charge in [0.05, 0.1) is 0 Å². The zero-order chi connectivity index (χ0) is 11.3. The van der Waals surface area contributed by atoms with Gasteiger partial charge in [0.2, 0.25) is 0 Å². The van der Waals surface area contributed by atoms with Crippen molar-refractivity contribution in [2.45, 2.75) is 32.2 Å². The Morgan fingerprint density at radius 2 is 1.81 bits per heavy atom. The summed E-state index contributed by atoms with van der Waals surface area (Å²) in [5.41, 5.74) is 2.98. The molecule has 1 N–H and O–H groups in total. The van der Waals surface area contributed by atoms with E-state index in [0.29, 0.717) is 6.04 Å². The maximum atomic E-state index is 3.58. The molecule has 1 nitrogen and oxygen atoms in total. The highest BCUT2D eigenvalue weighted by Crippen LogP contribution is 2.44. The molecule has 1 heterocycles. The largest absolute Gasteiger partial charge is 0.381 e. The molecule has 0 bridgehead atoms. The molecule has 2 aromatic carbocycles. The van der Waals surface area contributed by atoms with Crippen LogP contribution in [0.2, 0.25) is 0 Å². The quantitative estimate of drug-likeness (QED) is 0.696. The Bertz CT molecular complexity index is 554. The van der Waals surface area contributed by atoms with Gasteiger partial charge in [0, 0.05) is 17.1 Å². The zero-order valence-corrected chi connectivity index (χ0v) is 10.0. The van der Waals surface area contributed by atoms with E-state index < -0.39 is 0 Å². The summed E-state index contributed by atoms with van der Waals surface area (Å²) in [6.07, 6.45) is 0. The van der Waals surface area contributed by atoms with Gasteiger partial charge in [-0.05, 0) is 29.3 Å². The molecule has 3 rings (SSSR count). The summed E-state index contributed by atoms with van der Waals surface area (Å²) in [6, 6.07) is 13.6. The minimum Gasteiger partial charge on any atom is -0.381 e. The van der Waals surface area contributed by atoms with Crippen molar-refractivity contribution in [3.8, 4) is 0 Å². The van der Waals surface area contributed by atoms with Crippen LogP contribution in [0.3, 0.4) is 0 Å². The van der Waals surface area contributed by atoms with Crippen molar-refractivity contribution in [2.75, 3.05) is 5.32 Å². The maximum Gasteiger partial charge on any atom is 0.0387 e. The smallest absolute Gasteiger partial charge is 0.0387 e. The van der Waals surface area contributed by atoms with E-state index in [1.807, 2.05) is 0 Å². The molecular weight excluding hydrogens is 194 g/mol. The molecule has 0 saturated heterocycles. The summed E-state index contributed by atoms with van der Waals surface area (Å²) in [7, 11) is 0. The summed E-state index contributed by atoms with van der Waals surface area (Å²) in [5.74, 6) is 0. The first-order valence-electron chi connectivity index (χ1n) is 5.89. The third kappa shape index (κ3) is 1.12. The molecule has 1 aliphatic rings. The van der Waals surface area contributed by atoms with E-state index in [0.717, 1.165) is 0 Å². The normalized spacial score (nSPS) is 21.8. The van der Waals surface area contributed by atoms with Gasteiger partial charge in [0.1, 0.15) is 0 Å². The number of rotatable bonds is 0. The van der Waals surface area contributed by atoms with Crippen molar-refractivity contribution in [3.63, 3.8) is 0 Å². The molecule has 0 spiro atoms. The number of hydrogen-bond acceptors (Lipinski definition) is 1. The fourth-order valence-electron chi connectivity index (χ4n) is 2.72. The molecule has 16 heavy (non-hydrogen) atoms. The molecule has 0 aromatic heterocycles. The van der Waals surface area contributed by atoms with Crippen LogP contribution in [0.1, 0.15) is 26.3 Å². The van der Waals surface area contributed by atoms with E-state index in [4.69, 9.17) is 0 Å². The summed E-state index contributed by atoms with van der Waals surface area (Å²) in [4.78, 5) is 0. The van der Waals surface area contributed by atoms with E-state index in [-0.39, 0.29) is 5.41 Å². The van der Waals surface area contributed by atoms with Crippen molar-refractivity contribution in [3.05, 3.63) is 42.0 Å². The van der Waals surface area contributed by atoms with Crippen molar-refractivity contribution < 1.29 is 0 Å². The highest BCUT2D eigenvalue weighted by Gasteiger charge is 2.37.